The van der Waals surface area contributed by atoms with Gasteiger partial charge in [-0.15, -0.1) is 0 Å². The Kier molecular flexibility index (Phi) is 16.6. The number of allylic oxidation sites excluding steroid dienone is 4. The molecule has 20 rings (SSSR count). The number of thioether (sulfide) groups is 1. The van der Waals surface area contributed by atoms with E-state index in [0.717, 1.165) is 81.1 Å². The summed E-state index contributed by atoms with van der Waals surface area (Å²) in [5.74, 6) is 3.91. The van der Waals surface area contributed by atoms with Gasteiger partial charge in [0.1, 0.15) is 23.0 Å². The molecular weight excluding hydrogens is 1350 g/mol. The summed E-state index contributed by atoms with van der Waals surface area (Å²) in [7, 11) is 0. The van der Waals surface area contributed by atoms with Crippen LogP contribution in [0.3, 0.4) is 0 Å². The van der Waals surface area contributed by atoms with E-state index < -0.39 is 10.8 Å². The fourth-order valence-corrected chi connectivity index (χ4v) is 19.3. The molecule has 3 unspecified atom stereocenters. The van der Waals surface area contributed by atoms with Crippen LogP contribution in [-0.2, 0) is 23.7 Å². The van der Waals surface area contributed by atoms with E-state index in [9.17, 15) is 0 Å². The highest BCUT2D eigenvalue weighted by molar-refractivity contribution is 8.03. The highest BCUT2D eigenvalue weighted by Crippen LogP contribution is 2.60. The second-order valence-electron chi connectivity index (χ2n) is 28.9. The summed E-state index contributed by atoms with van der Waals surface area (Å²) in [5, 5.41) is 0. The predicted octanol–water partition coefficient (Wildman–Crippen LogP) is 27.6. The van der Waals surface area contributed by atoms with Gasteiger partial charge in [-0.05, 0) is 290 Å². The number of para-hydroxylation sites is 4. The van der Waals surface area contributed by atoms with E-state index in [1.165, 1.54) is 117 Å². The van der Waals surface area contributed by atoms with Crippen LogP contribution in [0.4, 0.5) is 34.1 Å². The zero-order chi connectivity index (χ0) is 71.5. The van der Waals surface area contributed by atoms with E-state index in [-0.39, 0.29) is 0 Å². The number of benzene rings is 15. The van der Waals surface area contributed by atoms with Gasteiger partial charge in [0.25, 0.3) is 0 Å². The number of aryl methyl sites for hydroxylation is 2. The summed E-state index contributed by atoms with van der Waals surface area (Å²) in [6, 6.07) is 136. The highest BCUT2D eigenvalue weighted by atomic mass is 32.2. The Morgan fingerprint density at radius 2 is 0.657 bits per heavy atom. The van der Waals surface area contributed by atoms with Crippen LogP contribution < -0.4 is 19.3 Å². The van der Waals surface area contributed by atoms with Gasteiger partial charge in [-0.25, -0.2) is 0 Å². The second kappa shape index (κ2) is 27.5. The number of hydrogen-bond donors (Lipinski definition) is 0. The average molecular weight is 1420 g/mol. The maximum absolute atomic E-state index is 6.47. The molecule has 0 radical (unpaired) electrons. The van der Waals surface area contributed by atoms with Gasteiger partial charge in [0.2, 0.25) is 0 Å². The molecular formula is C102H74N2O2S2. The lowest BCUT2D eigenvalue weighted by Gasteiger charge is -2.35. The van der Waals surface area contributed by atoms with Crippen molar-refractivity contribution in [3.05, 3.63) is 448 Å². The van der Waals surface area contributed by atoms with E-state index >= 15 is 0 Å². The first-order valence-electron chi connectivity index (χ1n) is 37.6. The molecule has 1 saturated carbocycles. The van der Waals surface area contributed by atoms with Gasteiger partial charge in [0.15, 0.2) is 0 Å². The van der Waals surface area contributed by atoms with Crippen LogP contribution in [0.5, 0.6) is 23.0 Å². The zero-order valence-electron chi connectivity index (χ0n) is 59.5. The SMILES string of the molecule is C1=C(Sc2ccc(C3(c4ccc(Oc5ccccc5)cc4)c4ccccc4-c4ccc(N(c5ccccc5)c5ccc(-c6ccc(N(c7ccccc7)c7ccc8c(c7)C(c7ccc(Oc9ccccc9)cc7)(c7ccc(Sc9ccc%10c(c9)CC%10)cc7)c7ccccc7-8)cc6)cc5)cc43)cc2)CC2CCC2=C1. The number of nitrogens with zero attached hydrogens (tertiary/aromatic N) is 2. The molecule has 3 atom stereocenters. The minimum Gasteiger partial charge on any atom is -0.457 e. The molecule has 15 aromatic carbocycles. The van der Waals surface area contributed by atoms with Crippen molar-refractivity contribution in [3.8, 4) is 56.4 Å². The van der Waals surface area contributed by atoms with Crippen molar-refractivity contribution in [2.75, 3.05) is 9.80 Å². The Labute approximate surface area is 640 Å². The molecule has 0 saturated heterocycles. The molecule has 0 bridgehead atoms. The molecule has 516 valence electrons. The van der Waals surface area contributed by atoms with E-state index in [4.69, 9.17) is 9.47 Å². The third-order valence-corrected chi connectivity index (χ3v) is 24.9. The number of fused-ring (bicyclic) bond motifs is 8. The topological polar surface area (TPSA) is 24.9 Å². The fraction of sp³-hybridized carbons (Fsp3) is 0.0784. The Balaban J connectivity index is 0.654. The van der Waals surface area contributed by atoms with Crippen molar-refractivity contribution < 1.29 is 9.47 Å². The third-order valence-electron chi connectivity index (χ3n) is 22.9. The van der Waals surface area contributed by atoms with Crippen LogP contribution in [0.15, 0.2) is 407 Å². The van der Waals surface area contributed by atoms with Gasteiger partial charge in [-0.1, -0.05) is 254 Å². The summed E-state index contributed by atoms with van der Waals surface area (Å²) >= 11 is 3.76. The van der Waals surface area contributed by atoms with Gasteiger partial charge in [-0.2, -0.15) is 0 Å². The third kappa shape index (κ3) is 11.6. The van der Waals surface area contributed by atoms with Crippen molar-refractivity contribution in [1.29, 1.82) is 0 Å². The number of ether oxygens (including phenoxy) is 2. The monoisotopic (exact) mass is 1420 g/mol. The number of rotatable bonds is 19. The molecule has 5 aliphatic rings. The largest absolute Gasteiger partial charge is 0.457 e. The summed E-state index contributed by atoms with van der Waals surface area (Å²) in [6.07, 6.45) is 10.8. The normalized spacial score (nSPS) is 16.7. The van der Waals surface area contributed by atoms with Crippen molar-refractivity contribution in [3.63, 3.8) is 0 Å². The minimum atomic E-state index is -0.680. The van der Waals surface area contributed by atoms with Gasteiger partial charge in [-0.3, -0.25) is 0 Å². The molecule has 15 aromatic rings. The summed E-state index contributed by atoms with van der Waals surface area (Å²) in [5.41, 5.74) is 26.5. The van der Waals surface area contributed by atoms with Crippen LogP contribution in [-0.4, -0.2) is 0 Å². The lowest BCUT2D eigenvalue weighted by Crippen LogP contribution is -2.28. The molecule has 108 heavy (non-hydrogen) atoms. The van der Waals surface area contributed by atoms with Crippen molar-refractivity contribution in [1.82, 2.24) is 0 Å². The highest BCUT2D eigenvalue weighted by Gasteiger charge is 2.48. The van der Waals surface area contributed by atoms with E-state index in [0.29, 0.717) is 5.92 Å². The molecule has 0 N–H and O–H groups in total. The Morgan fingerprint density at radius 1 is 0.278 bits per heavy atom. The summed E-state index contributed by atoms with van der Waals surface area (Å²) in [6.45, 7) is 0. The van der Waals surface area contributed by atoms with E-state index in [1.54, 1.807) is 5.57 Å². The standard InChI is InChI=1S/C102H74N2O2S2/c1-5-17-79(18-6-1)103(83-51-63-95-93-25-13-15-27-97(93)101(99(95)67-83,75-39-53-87(54-40-75)105-85-21-9-3-10-22-85)77-43-59-89(60-44-77)107-91-57-37-71-29-31-73(71)65-91)81-47-33-69(34-48-81)70-35-49-82(50-36-70)104(80-19-7-2-8-20-80)84-52-64-96-94-26-14-16-28-98(94)102(100(96)68-84,76-41-55-88(56-42-76)106-86-23-11-4-12-24-86)78-45-61-90(62-46-78)108-92-58-38-72-30-32-74(72)66-92/h1-28,33-65,67-68,74H,29-32,66H2. The van der Waals surface area contributed by atoms with E-state index in [1.807, 2.05) is 84.2 Å². The summed E-state index contributed by atoms with van der Waals surface area (Å²) < 4.78 is 12.9. The fourth-order valence-electron chi connectivity index (χ4n) is 17.5. The van der Waals surface area contributed by atoms with Gasteiger partial charge in [0.05, 0.1) is 10.8 Å². The Bertz CT molecular complexity index is 5930. The van der Waals surface area contributed by atoms with Crippen LogP contribution in [0, 0.1) is 5.92 Å². The Hall–Kier alpha value is -12.3. The quantitative estimate of drug-likeness (QED) is 0.0800. The lowest BCUT2D eigenvalue weighted by molar-refractivity contribution is 0.441. The predicted molar refractivity (Wildman–Crippen MR) is 446 cm³/mol. The lowest BCUT2D eigenvalue weighted by atomic mass is 9.67. The van der Waals surface area contributed by atoms with E-state index in [2.05, 4.69) is 331 Å². The van der Waals surface area contributed by atoms with Crippen LogP contribution in [0.2, 0.25) is 0 Å². The van der Waals surface area contributed by atoms with Gasteiger partial charge in [0, 0.05) is 48.8 Å². The Morgan fingerprint density at radius 3 is 1.08 bits per heavy atom. The zero-order valence-corrected chi connectivity index (χ0v) is 61.1. The first-order valence-corrected chi connectivity index (χ1v) is 39.2. The molecule has 0 spiro atoms. The first-order chi connectivity index (χ1) is 53.4. The smallest absolute Gasteiger partial charge is 0.127 e. The first kappa shape index (κ1) is 65.2. The molecule has 6 heteroatoms. The maximum Gasteiger partial charge on any atom is 0.127 e. The number of hydrogen-bond acceptors (Lipinski definition) is 6. The van der Waals surface area contributed by atoms with Crippen LogP contribution in [0.25, 0.3) is 33.4 Å². The molecule has 0 heterocycles. The van der Waals surface area contributed by atoms with Crippen LogP contribution >= 0.6 is 23.5 Å². The molecule has 0 aliphatic heterocycles. The maximum atomic E-state index is 6.47. The molecule has 4 nitrogen and oxygen atoms in total. The van der Waals surface area contributed by atoms with Crippen molar-refractivity contribution >= 4 is 57.6 Å². The molecule has 1 fully saturated rings. The van der Waals surface area contributed by atoms with Crippen molar-refractivity contribution in [2.45, 2.75) is 57.6 Å². The van der Waals surface area contributed by atoms with Crippen LogP contribution in [0.1, 0.15) is 74.9 Å². The van der Waals surface area contributed by atoms with Gasteiger partial charge < -0.3 is 19.3 Å². The summed E-state index contributed by atoms with van der Waals surface area (Å²) in [4.78, 5) is 10.0. The van der Waals surface area contributed by atoms with Crippen molar-refractivity contribution in [2.24, 2.45) is 5.92 Å². The average Bonchev–Trinajstić information content (AvgIpc) is 1.53. The molecule has 5 aliphatic carbocycles. The second-order valence-corrected chi connectivity index (χ2v) is 31.2. The van der Waals surface area contributed by atoms with Gasteiger partial charge >= 0.3 is 0 Å². The molecule has 0 aromatic heterocycles. The minimum absolute atomic E-state index is 0.669. The number of anilines is 6. The molecule has 0 amide bonds.